The Balaban J connectivity index is 2.19. The van der Waals surface area contributed by atoms with E-state index in [-0.39, 0.29) is 5.82 Å². The SMILES string of the molecule is COc1cc(C#N)ccc1NCc1cccc(F)c1Br. The van der Waals surface area contributed by atoms with Crippen molar-refractivity contribution in [1.82, 2.24) is 0 Å². The van der Waals surface area contributed by atoms with Gasteiger partial charge < -0.3 is 10.1 Å². The Morgan fingerprint density at radius 1 is 1.35 bits per heavy atom. The van der Waals surface area contributed by atoms with Gasteiger partial charge in [-0.25, -0.2) is 4.39 Å². The third-order valence-corrected chi connectivity index (χ3v) is 3.72. The van der Waals surface area contributed by atoms with Gasteiger partial charge in [0.2, 0.25) is 0 Å². The molecule has 0 aliphatic rings. The summed E-state index contributed by atoms with van der Waals surface area (Å²) < 4.78 is 19.1. The lowest BCUT2D eigenvalue weighted by atomic mass is 10.2. The second-order valence-corrected chi connectivity index (χ2v) is 4.89. The van der Waals surface area contributed by atoms with Crippen LogP contribution < -0.4 is 10.1 Å². The summed E-state index contributed by atoms with van der Waals surface area (Å²) in [5.74, 6) is 0.285. The molecule has 0 atom stereocenters. The molecule has 2 rings (SSSR count). The van der Waals surface area contributed by atoms with Crippen LogP contribution >= 0.6 is 15.9 Å². The molecule has 2 aromatic rings. The van der Waals surface area contributed by atoms with E-state index in [0.29, 0.717) is 22.3 Å². The minimum Gasteiger partial charge on any atom is -0.495 e. The maximum atomic E-state index is 13.4. The van der Waals surface area contributed by atoms with E-state index in [1.165, 1.54) is 6.07 Å². The number of ether oxygens (including phenoxy) is 1. The lowest BCUT2D eigenvalue weighted by molar-refractivity contribution is 0.416. The van der Waals surface area contributed by atoms with Crippen LogP contribution in [-0.4, -0.2) is 7.11 Å². The lowest BCUT2D eigenvalue weighted by Crippen LogP contribution is -2.03. The van der Waals surface area contributed by atoms with Crippen molar-refractivity contribution in [1.29, 1.82) is 5.26 Å². The summed E-state index contributed by atoms with van der Waals surface area (Å²) in [6.45, 7) is 0.445. The number of nitrogens with zero attached hydrogens (tertiary/aromatic N) is 1. The molecule has 102 valence electrons. The van der Waals surface area contributed by atoms with Gasteiger partial charge in [-0.15, -0.1) is 0 Å². The average Bonchev–Trinajstić information content (AvgIpc) is 2.48. The number of nitriles is 1. The van der Waals surface area contributed by atoms with Crippen LogP contribution in [0.3, 0.4) is 0 Å². The molecule has 0 saturated carbocycles. The molecule has 0 aromatic heterocycles. The van der Waals surface area contributed by atoms with Crippen LogP contribution in [0.5, 0.6) is 5.75 Å². The maximum absolute atomic E-state index is 13.4. The van der Waals surface area contributed by atoms with Crippen LogP contribution in [0.2, 0.25) is 0 Å². The summed E-state index contributed by atoms with van der Waals surface area (Å²) >= 11 is 3.22. The minimum absolute atomic E-state index is 0.295. The lowest BCUT2D eigenvalue weighted by Gasteiger charge is -2.12. The zero-order chi connectivity index (χ0) is 14.5. The number of hydrogen-bond acceptors (Lipinski definition) is 3. The number of benzene rings is 2. The number of hydrogen-bond donors (Lipinski definition) is 1. The third-order valence-electron chi connectivity index (χ3n) is 2.83. The van der Waals surface area contributed by atoms with E-state index in [1.807, 2.05) is 6.07 Å². The molecule has 1 N–H and O–H groups in total. The van der Waals surface area contributed by atoms with Gasteiger partial charge in [0.1, 0.15) is 11.6 Å². The summed E-state index contributed by atoms with van der Waals surface area (Å²) in [6.07, 6.45) is 0. The van der Waals surface area contributed by atoms with E-state index >= 15 is 0 Å². The van der Waals surface area contributed by atoms with Gasteiger partial charge in [-0.05, 0) is 39.7 Å². The van der Waals surface area contributed by atoms with Crippen molar-refractivity contribution < 1.29 is 9.13 Å². The Kier molecular flexibility index (Phi) is 4.59. The normalized spacial score (nSPS) is 9.90. The molecule has 0 saturated heterocycles. The van der Waals surface area contributed by atoms with Gasteiger partial charge in [-0.2, -0.15) is 5.26 Å². The highest BCUT2D eigenvalue weighted by molar-refractivity contribution is 9.10. The number of anilines is 1. The van der Waals surface area contributed by atoms with Crippen molar-refractivity contribution in [2.24, 2.45) is 0 Å². The van der Waals surface area contributed by atoms with Crippen molar-refractivity contribution >= 4 is 21.6 Å². The zero-order valence-corrected chi connectivity index (χ0v) is 12.4. The molecule has 0 aliphatic carbocycles. The van der Waals surface area contributed by atoms with E-state index < -0.39 is 0 Å². The summed E-state index contributed by atoms with van der Waals surface area (Å²) in [6, 6.07) is 12.1. The third kappa shape index (κ3) is 3.09. The zero-order valence-electron chi connectivity index (χ0n) is 10.8. The summed E-state index contributed by atoms with van der Waals surface area (Å²) in [4.78, 5) is 0. The van der Waals surface area contributed by atoms with Gasteiger partial charge in [0, 0.05) is 12.6 Å². The Morgan fingerprint density at radius 2 is 2.15 bits per heavy atom. The van der Waals surface area contributed by atoms with Gasteiger partial charge in [-0.1, -0.05) is 12.1 Å². The van der Waals surface area contributed by atoms with Crippen LogP contribution in [-0.2, 0) is 6.54 Å². The van der Waals surface area contributed by atoms with Crippen LogP contribution in [0.4, 0.5) is 10.1 Å². The van der Waals surface area contributed by atoms with Gasteiger partial charge in [0.05, 0.1) is 28.9 Å². The van der Waals surface area contributed by atoms with E-state index in [0.717, 1.165) is 11.3 Å². The quantitative estimate of drug-likeness (QED) is 0.916. The molecule has 0 amide bonds. The molecule has 0 fully saturated rings. The average molecular weight is 335 g/mol. The first kappa shape index (κ1) is 14.4. The molecule has 0 aliphatic heterocycles. The summed E-state index contributed by atoms with van der Waals surface area (Å²) in [5.41, 5.74) is 2.08. The number of nitrogens with one attached hydrogen (secondary N) is 1. The topological polar surface area (TPSA) is 45.0 Å². The molecule has 20 heavy (non-hydrogen) atoms. The van der Waals surface area contributed by atoms with E-state index in [2.05, 4.69) is 27.3 Å². The number of methoxy groups -OCH3 is 1. The van der Waals surface area contributed by atoms with Crippen LogP contribution in [0.15, 0.2) is 40.9 Å². The smallest absolute Gasteiger partial charge is 0.143 e. The Morgan fingerprint density at radius 3 is 2.85 bits per heavy atom. The number of halogens is 2. The first-order valence-electron chi connectivity index (χ1n) is 5.90. The second-order valence-electron chi connectivity index (χ2n) is 4.09. The monoisotopic (exact) mass is 334 g/mol. The van der Waals surface area contributed by atoms with E-state index in [9.17, 15) is 4.39 Å². The molecule has 0 radical (unpaired) electrons. The molecule has 0 bridgehead atoms. The highest BCUT2D eigenvalue weighted by Gasteiger charge is 2.07. The van der Waals surface area contributed by atoms with Gasteiger partial charge in [0.15, 0.2) is 0 Å². The van der Waals surface area contributed by atoms with Crippen LogP contribution in [0.25, 0.3) is 0 Å². The molecular weight excluding hydrogens is 323 g/mol. The summed E-state index contributed by atoms with van der Waals surface area (Å²) in [5, 5.41) is 12.0. The van der Waals surface area contributed by atoms with Crippen molar-refractivity contribution in [2.75, 3.05) is 12.4 Å². The van der Waals surface area contributed by atoms with Crippen molar-refractivity contribution in [3.63, 3.8) is 0 Å². The van der Waals surface area contributed by atoms with E-state index in [1.54, 1.807) is 31.4 Å². The second kappa shape index (κ2) is 6.40. The van der Waals surface area contributed by atoms with E-state index in [4.69, 9.17) is 10.00 Å². The van der Waals surface area contributed by atoms with Gasteiger partial charge >= 0.3 is 0 Å². The van der Waals surface area contributed by atoms with Gasteiger partial charge in [0.25, 0.3) is 0 Å². The predicted molar refractivity (Wildman–Crippen MR) is 79.1 cm³/mol. The van der Waals surface area contributed by atoms with Gasteiger partial charge in [-0.3, -0.25) is 0 Å². The highest BCUT2D eigenvalue weighted by Crippen LogP contribution is 2.27. The largest absolute Gasteiger partial charge is 0.495 e. The number of rotatable bonds is 4. The predicted octanol–water partition coefficient (Wildman–Crippen LogP) is 4.08. The molecule has 3 nitrogen and oxygen atoms in total. The van der Waals surface area contributed by atoms with Crippen LogP contribution in [0, 0.1) is 17.1 Å². The molecule has 0 unspecified atom stereocenters. The fraction of sp³-hybridized carbons (Fsp3) is 0.133. The molecule has 0 heterocycles. The Bertz CT molecular complexity index is 667. The molecule has 2 aromatic carbocycles. The molecular formula is C15H12BrFN2O. The maximum Gasteiger partial charge on any atom is 0.143 e. The van der Waals surface area contributed by atoms with Crippen molar-refractivity contribution in [3.8, 4) is 11.8 Å². The Labute approximate surface area is 125 Å². The van der Waals surface area contributed by atoms with Crippen molar-refractivity contribution in [3.05, 3.63) is 57.8 Å². The first-order chi connectivity index (χ1) is 9.65. The first-order valence-corrected chi connectivity index (χ1v) is 6.70. The fourth-order valence-electron chi connectivity index (χ4n) is 1.78. The van der Waals surface area contributed by atoms with Crippen LogP contribution in [0.1, 0.15) is 11.1 Å². The molecule has 5 heteroatoms. The molecule has 0 spiro atoms. The fourth-order valence-corrected chi connectivity index (χ4v) is 2.19. The summed E-state index contributed by atoms with van der Waals surface area (Å²) in [7, 11) is 1.54. The minimum atomic E-state index is -0.295. The standard InChI is InChI=1S/C15H12BrFN2O/c1-20-14-7-10(8-18)5-6-13(14)19-9-11-3-2-4-12(17)15(11)16/h2-7,19H,9H2,1H3. The highest BCUT2D eigenvalue weighted by atomic mass is 79.9. The van der Waals surface area contributed by atoms with Crippen molar-refractivity contribution in [2.45, 2.75) is 6.54 Å². The Hall–Kier alpha value is -2.06.